The van der Waals surface area contributed by atoms with Crippen molar-refractivity contribution in [2.24, 2.45) is 10.8 Å². The standard InChI is InChI=1S/C46H44B/c1-45(2,3)46(4,5)31-47-44-24-13-12-22-43(44)42-21-11-9-19-39(42)36-28-26-33-29-35(27-25-34(33)30-36)38-18-8-10-20-40(38)41-23-14-16-32-15-6-7-17-37(32)41/h6-24,26,28-30H,25,27,31H2,1-5H3. The molecule has 7 rings (SSSR count). The van der Waals surface area contributed by atoms with Gasteiger partial charge in [0.2, 0.25) is 0 Å². The Morgan fingerprint density at radius 1 is 0.532 bits per heavy atom. The highest BCUT2D eigenvalue weighted by Crippen LogP contribution is 2.42. The summed E-state index contributed by atoms with van der Waals surface area (Å²) in [6, 6.07) is 49.2. The molecule has 0 aliphatic heterocycles. The predicted octanol–water partition coefficient (Wildman–Crippen LogP) is 12.1. The van der Waals surface area contributed by atoms with E-state index in [1.807, 2.05) is 0 Å². The number of rotatable bonds is 7. The normalized spacial score (nSPS) is 13.3. The molecule has 1 radical (unpaired) electrons. The fourth-order valence-electron chi connectivity index (χ4n) is 6.89. The molecule has 0 unspecified atom stereocenters. The van der Waals surface area contributed by atoms with Crippen LogP contribution >= 0.6 is 0 Å². The summed E-state index contributed by atoms with van der Waals surface area (Å²) in [5.74, 6) is 0. The Morgan fingerprint density at radius 3 is 1.89 bits per heavy atom. The van der Waals surface area contributed by atoms with Crippen molar-refractivity contribution in [2.45, 2.75) is 53.8 Å². The number of hydrogen-bond acceptors (Lipinski definition) is 0. The van der Waals surface area contributed by atoms with Gasteiger partial charge in [-0.2, -0.15) is 0 Å². The molecule has 0 aromatic heterocycles. The number of aryl methyl sites for hydroxylation is 1. The fourth-order valence-corrected chi connectivity index (χ4v) is 6.89. The summed E-state index contributed by atoms with van der Waals surface area (Å²) < 4.78 is 0. The minimum absolute atomic E-state index is 0.194. The van der Waals surface area contributed by atoms with Gasteiger partial charge in [0, 0.05) is 0 Å². The molecule has 0 saturated carbocycles. The molecule has 0 heterocycles. The molecule has 47 heavy (non-hydrogen) atoms. The van der Waals surface area contributed by atoms with Gasteiger partial charge in [-0.1, -0.05) is 186 Å². The summed E-state index contributed by atoms with van der Waals surface area (Å²) in [6.07, 6.45) is 5.53. The zero-order valence-electron chi connectivity index (χ0n) is 28.5. The topological polar surface area (TPSA) is 0 Å². The van der Waals surface area contributed by atoms with Gasteiger partial charge in [-0.25, -0.2) is 0 Å². The van der Waals surface area contributed by atoms with E-state index in [1.165, 1.54) is 71.9 Å². The maximum Gasteiger partial charge on any atom is 0.153 e. The van der Waals surface area contributed by atoms with Crippen LogP contribution < -0.4 is 5.46 Å². The van der Waals surface area contributed by atoms with E-state index in [9.17, 15) is 0 Å². The highest BCUT2D eigenvalue weighted by Gasteiger charge is 2.32. The van der Waals surface area contributed by atoms with Crippen LogP contribution in [0.1, 0.15) is 57.7 Å². The van der Waals surface area contributed by atoms with Crippen LogP contribution in [0.5, 0.6) is 0 Å². The van der Waals surface area contributed by atoms with E-state index in [2.05, 4.69) is 181 Å². The molecule has 1 aliphatic carbocycles. The van der Waals surface area contributed by atoms with Crippen LogP contribution in [0.3, 0.4) is 0 Å². The van der Waals surface area contributed by atoms with Crippen molar-refractivity contribution < 1.29 is 0 Å². The van der Waals surface area contributed by atoms with Crippen molar-refractivity contribution in [3.63, 3.8) is 0 Å². The van der Waals surface area contributed by atoms with E-state index in [0.29, 0.717) is 0 Å². The summed E-state index contributed by atoms with van der Waals surface area (Å²) in [5.41, 5.74) is 15.0. The van der Waals surface area contributed by atoms with Crippen molar-refractivity contribution in [1.29, 1.82) is 0 Å². The summed E-state index contributed by atoms with van der Waals surface area (Å²) in [6.45, 7) is 11.8. The second-order valence-corrected chi connectivity index (χ2v) is 14.8. The molecule has 0 atom stereocenters. The molecule has 0 fully saturated rings. The lowest BCUT2D eigenvalue weighted by atomic mass is 9.52. The minimum atomic E-state index is 0.194. The number of benzene rings is 6. The molecule has 6 aromatic carbocycles. The summed E-state index contributed by atoms with van der Waals surface area (Å²) in [5, 5.41) is 2.59. The van der Waals surface area contributed by atoms with Crippen LogP contribution in [0.4, 0.5) is 0 Å². The molecule has 0 bridgehead atoms. The van der Waals surface area contributed by atoms with Crippen LogP contribution in [-0.4, -0.2) is 7.28 Å². The fraction of sp³-hybridized carbons (Fsp3) is 0.217. The van der Waals surface area contributed by atoms with Crippen LogP contribution in [-0.2, 0) is 6.42 Å². The third-order valence-electron chi connectivity index (χ3n) is 10.8. The van der Waals surface area contributed by atoms with Gasteiger partial charge in [0.25, 0.3) is 0 Å². The van der Waals surface area contributed by atoms with Crippen molar-refractivity contribution in [3.05, 3.63) is 150 Å². The van der Waals surface area contributed by atoms with Crippen LogP contribution in [0.15, 0.2) is 133 Å². The first kappa shape index (κ1) is 31.0. The third kappa shape index (κ3) is 6.12. The van der Waals surface area contributed by atoms with Gasteiger partial charge >= 0.3 is 0 Å². The summed E-state index contributed by atoms with van der Waals surface area (Å²) in [7, 11) is 2.45. The molecule has 0 amide bonds. The lowest BCUT2D eigenvalue weighted by molar-refractivity contribution is 0.157. The van der Waals surface area contributed by atoms with Crippen molar-refractivity contribution in [3.8, 4) is 33.4 Å². The number of hydrogen-bond donors (Lipinski definition) is 0. The first-order valence-corrected chi connectivity index (χ1v) is 17.1. The quantitative estimate of drug-likeness (QED) is 0.158. The van der Waals surface area contributed by atoms with Gasteiger partial charge in [-0.05, 0) is 90.1 Å². The molecule has 0 nitrogen and oxygen atoms in total. The second kappa shape index (κ2) is 12.5. The Morgan fingerprint density at radius 2 is 1.13 bits per heavy atom. The van der Waals surface area contributed by atoms with Crippen molar-refractivity contribution in [2.75, 3.05) is 0 Å². The Bertz CT molecular complexity index is 2100. The van der Waals surface area contributed by atoms with Gasteiger partial charge < -0.3 is 0 Å². The lowest BCUT2D eigenvalue weighted by Gasteiger charge is -2.39. The minimum Gasteiger partial charge on any atom is -0.0801 e. The molecule has 231 valence electrons. The Labute approximate surface area is 282 Å². The van der Waals surface area contributed by atoms with Gasteiger partial charge in [-0.15, -0.1) is 0 Å². The number of fused-ring (bicyclic) bond motifs is 2. The van der Waals surface area contributed by atoms with Crippen LogP contribution in [0, 0.1) is 10.8 Å². The van der Waals surface area contributed by atoms with Gasteiger partial charge in [-0.3, -0.25) is 0 Å². The zero-order chi connectivity index (χ0) is 32.6. The monoisotopic (exact) mass is 607 g/mol. The predicted molar refractivity (Wildman–Crippen MR) is 206 cm³/mol. The third-order valence-corrected chi connectivity index (χ3v) is 10.8. The molecular weight excluding hydrogens is 563 g/mol. The maximum absolute atomic E-state index is 2.45. The summed E-state index contributed by atoms with van der Waals surface area (Å²) in [4.78, 5) is 0. The average molecular weight is 608 g/mol. The largest absolute Gasteiger partial charge is 0.153 e. The molecule has 1 heteroatoms. The van der Waals surface area contributed by atoms with Gasteiger partial charge in [0.05, 0.1) is 0 Å². The molecule has 1 aliphatic rings. The summed E-state index contributed by atoms with van der Waals surface area (Å²) >= 11 is 0. The molecular formula is C46H44B. The van der Waals surface area contributed by atoms with E-state index < -0.39 is 0 Å². The Balaban J connectivity index is 1.22. The first-order valence-electron chi connectivity index (χ1n) is 17.1. The highest BCUT2D eigenvalue weighted by atomic mass is 14.3. The Kier molecular flexibility index (Phi) is 8.27. The molecule has 0 saturated heterocycles. The number of allylic oxidation sites excluding steroid dienone is 1. The second-order valence-electron chi connectivity index (χ2n) is 14.8. The average Bonchev–Trinajstić information content (AvgIpc) is 3.10. The van der Waals surface area contributed by atoms with E-state index >= 15 is 0 Å². The van der Waals surface area contributed by atoms with E-state index in [1.54, 1.807) is 0 Å². The maximum atomic E-state index is 2.45. The van der Waals surface area contributed by atoms with Crippen LogP contribution in [0.25, 0.3) is 55.8 Å². The van der Waals surface area contributed by atoms with Gasteiger partial charge in [0.15, 0.2) is 7.28 Å². The van der Waals surface area contributed by atoms with Gasteiger partial charge in [0.1, 0.15) is 0 Å². The van der Waals surface area contributed by atoms with E-state index in [0.717, 1.165) is 19.2 Å². The van der Waals surface area contributed by atoms with Crippen LogP contribution in [0.2, 0.25) is 6.32 Å². The smallest absolute Gasteiger partial charge is 0.0801 e. The van der Waals surface area contributed by atoms with Crippen molar-refractivity contribution in [1.82, 2.24) is 0 Å². The van der Waals surface area contributed by atoms with E-state index in [-0.39, 0.29) is 10.8 Å². The van der Waals surface area contributed by atoms with E-state index in [4.69, 9.17) is 0 Å². The molecule has 0 spiro atoms. The SMILES string of the molecule is CC(C)(C)C(C)(C)C[B]c1ccccc1-c1ccccc1-c1ccc2c(c1)CCC(c1ccccc1-c1cccc3ccccc13)=C2. The first-order chi connectivity index (χ1) is 22.7. The molecule has 0 N–H and O–H groups in total. The zero-order valence-corrected chi connectivity index (χ0v) is 28.5. The Hall–Kier alpha value is -4.62. The lowest BCUT2D eigenvalue weighted by Crippen LogP contribution is -2.33. The van der Waals surface area contributed by atoms with Crippen molar-refractivity contribution >= 4 is 35.2 Å². The molecule has 6 aromatic rings. The highest BCUT2D eigenvalue weighted by molar-refractivity contribution is 6.55.